The Morgan fingerprint density at radius 2 is 1.85 bits per heavy atom. The molecule has 1 aliphatic rings. The second kappa shape index (κ2) is 5.52. The van der Waals surface area contributed by atoms with Crippen LogP contribution in [0.4, 0.5) is 0 Å². The van der Waals surface area contributed by atoms with Crippen molar-refractivity contribution in [3.8, 4) is 11.5 Å². The van der Waals surface area contributed by atoms with E-state index in [0.717, 1.165) is 11.3 Å². The number of para-hydroxylation sites is 2. The van der Waals surface area contributed by atoms with Gasteiger partial charge >= 0.3 is 0 Å². The molecule has 3 rings (SSSR count). The normalized spacial score (nSPS) is 18.6. The Morgan fingerprint density at radius 1 is 1.10 bits per heavy atom. The van der Waals surface area contributed by atoms with Crippen LogP contribution in [0.1, 0.15) is 11.6 Å². The maximum atomic E-state index is 6.25. The third-order valence-electron chi connectivity index (χ3n) is 3.25. The second-order valence-corrected chi connectivity index (χ2v) is 5.45. The average molecular weight is 310 g/mol. The molecule has 1 heterocycles. The molecule has 104 valence electrons. The Balaban J connectivity index is 1.84. The monoisotopic (exact) mass is 309 g/mol. The lowest BCUT2D eigenvalue weighted by molar-refractivity contribution is 0.0721. The van der Waals surface area contributed by atoms with Gasteiger partial charge in [-0.15, -0.1) is 0 Å². The Bertz CT molecular complexity index is 633. The maximum absolute atomic E-state index is 6.25. The first-order valence-electron chi connectivity index (χ1n) is 6.24. The average Bonchev–Trinajstić information content (AvgIpc) is 2.46. The number of halogens is 2. The van der Waals surface area contributed by atoms with Crippen LogP contribution in [-0.2, 0) is 0 Å². The lowest BCUT2D eigenvalue weighted by Gasteiger charge is -2.30. The van der Waals surface area contributed by atoms with Crippen molar-refractivity contribution in [2.45, 2.75) is 12.1 Å². The summed E-state index contributed by atoms with van der Waals surface area (Å²) in [7, 11) is 0. The van der Waals surface area contributed by atoms with Crippen LogP contribution in [0.2, 0.25) is 10.0 Å². The van der Waals surface area contributed by atoms with E-state index in [-0.39, 0.29) is 12.1 Å². The fourth-order valence-electron chi connectivity index (χ4n) is 2.18. The van der Waals surface area contributed by atoms with Crippen LogP contribution in [0.3, 0.4) is 0 Å². The number of fused-ring (bicyclic) bond motifs is 1. The second-order valence-electron chi connectivity index (χ2n) is 4.61. The van der Waals surface area contributed by atoms with Crippen LogP contribution in [0, 0.1) is 0 Å². The molecule has 0 amide bonds. The first-order chi connectivity index (χ1) is 9.65. The molecule has 2 aromatic rings. The molecule has 20 heavy (non-hydrogen) atoms. The molecule has 2 N–H and O–H groups in total. The Kier molecular flexibility index (Phi) is 3.74. The first kappa shape index (κ1) is 13.6. The van der Waals surface area contributed by atoms with Crippen molar-refractivity contribution < 1.29 is 9.47 Å². The van der Waals surface area contributed by atoms with Crippen LogP contribution >= 0.6 is 23.2 Å². The molecule has 2 atom stereocenters. The van der Waals surface area contributed by atoms with Crippen LogP contribution < -0.4 is 15.2 Å². The fourth-order valence-corrected chi connectivity index (χ4v) is 2.72. The van der Waals surface area contributed by atoms with Crippen molar-refractivity contribution in [1.82, 2.24) is 0 Å². The van der Waals surface area contributed by atoms with E-state index in [9.17, 15) is 0 Å². The fraction of sp³-hybridized carbons (Fsp3) is 0.200. The van der Waals surface area contributed by atoms with Gasteiger partial charge in [-0.3, -0.25) is 0 Å². The molecule has 0 saturated heterocycles. The Morgan fingerprint density at radius 3 is 2.60 bits per heavy atom. The minimum atomic E-state index is -0.381. The first-order valence-corrected chi connectivity index (χ1v) is 7.00. The summed E-state index contributed by atoms with van der Waals surface area (Å²) in [4.78, 5) is 0. The summed E-state index contributed by atoms with van der Waals surface area (Å²) in [6.07, 6.45) is -0.288. The summed E-state index contributed by atoms with van der Waals surface area (Å²) in [6, 6.07) is 12.4. The van der Waals surface area contributed by atoms with Gasteiger partial charge in [0, 0.05) is 10.0 Å². The molecular formula is C15H13Cl2NO2. The zero-order valence-electron chi connectivity index (χ0n) is 10.6. The summed E-state index contributed by atoms with van der Waals surface area (Å²) >= 11 is 12.1. The highest BCUT2D eigenvalue weighted by Crippen LogP contribution is 2.35. The van der Waals surface area contributed by atoms with E-state index in [0.29, 0.717) is 22.4 Å². The van der Waals surface area contributed by atoms with Crippen molar-refractivity contribution in [1.29, 1.82) is 0 Å². The van der Waals surface area contributed by atoms with Gasteiger partial charge in [-0.05, 0) is 29.8 Å². The molecule has 3 nitrogen and oxygen atoms in total. The van der Waals surface area contributed by atoms with Crippen molar-refractivity contribution in [3.05, 3.63) is 58.1 Å². The van der Waals surface area contributed by atoms with E-state index in [1.165, 1.54) is 0 Å². The van der Waals surface area contributed by atoms with Gasteiger partial charge in [0.05, 0.1) is 6.04 Å². The molecule has 0 spiro atoms. The van der Waals surface area contributed by atoms with Gasteiger partial charge in [0.1, 0.15) is 6.61 Å². The summed E-state index contributed by atoms with van der Waals surface area (Å²) in [6.45, 7) is 0.386. The molecule has 2 aromatic carbocycles. The van der Waals surface area contributed by atoms with Crippen molar-refractivity contribution >= 4 is 23.2 Å². The molecular weight excluding hydrogens is 297 g/mol. The number of hydrogen-bond acceptors (Lipinski definition) is 3. The van der Waals surface area contributed by atoms with E-state index in [2.05, 4.69) is 0 Å². The molecule has 0 aromatic heterocycles. The molecule has 2 unspecified atom stereocenters. The van der Waals surface area contributed by atoms with Gasteiger partial charge < -0.3 is 15.2 Å². The molecule has 0 saturated carbocycles. The highest BCUT2D eigenvalue weighted by Gasteiger charge is 2.28. The van der Waals surface area contributed by atoms with Crippen molar-refractivity contribution in [2.75, 3.05) is 6.61 Å². The Labute approximate surface area is 127 Å². The van der Waals surface area contributed by atoms with E-state index in [1.807, 2.05) is 30.3 Å². The van der Waals surface area contributed by atoms with Gasteiger partial charge in [0.15, 0.2) is 17.6 Å². The van der Waals surface area contributed by atoms with Crippen LogP contribution in [0.15, 0.2) is 42.5 Å². The third-order valence-corrected chi connectivity index (χ3v) is 3.82. The van der Waals surface area contributed by atoms with Crippen molar-refractivity contribution in [3.63, 3.8) is 0 Å². The predicted molar refractivity (Wildman–Crippen MR) is 79.7 cm³/mol. The molecule has 0 fully saturated rings. The van der Waals surface area contributed by atoms with E-state index in [4.69, 9.17) is 38.4 Å². The zero-order chi connectivity index (χ0) is 14.1. The number of nitrogens with two attached hydrogens (primary N) is 1. The molecule has 0 bridgehead atoms. The lowest BCUT2D eigenvalue weighted by Crippen LogP contribution is -2.39. The highest BCUT2D eigenvalue weighted by atomic mass is 35.5. The van der Waals surface area contributed by atoms with Gasteiger partial charge in [-0.1, -0.05) is 41.4 Å². The quantitative estimate of drug-likeness (QED) is 0.917. The summed E-state index contributed by atoms with van der Waals surface area (Å²) < 4.78 is 11.6. The standard InChI is InChI=1S/C15H13Cl2NO2/c16-9-5-6-10(11(17)7-9)15(18)14-8-19-12-3-1-2-4-13(12)20-14/h1-7,14-15H,8,18H2. The van der Waals surface area contributed by atoms with Gasteiger partial charge in [-0.2, -0.15) is 0 Å². The minimum Gasteiger partial charge on any atom is -0.486 e. The van der Waals surface area contributed by atoms with Gasteiger partial charge in [-0.25, -0.2) is 0 Å². The number of rotatable bonds is 2. The van der Waals surface area contributed by atoms with E-state index >= 15 is 0 Å². The molecule has 5 heteroatoms. The number of hydrogen-bond donors (Lipinski definition) is 1. The number of ether oxygens (including phenoxy) is 2. The molecule has 0 aliphatic carbocycles. The third kappa shape index (κ3) is 2.57. The zero-order valence-corrected chi connectivity index (χ0v) is 12.1. The maximum Gasteiger partial charge on any atom is 0.161 e. The smallest absolute Gasteiger partial charge is 0.161 e. The van der Waals surface area contributed by atoms with Crippen LogP contribution in [-0.4, -0.2) is 12.7 Å². The largest absolute Gasteiger partial charge is 0.486 e. The topological polar surface area (TPSA) is 44.5 Å². The van der Waals surface area contributed by atoms with E-state index < -0.39 is 0 Å². The predicted octanol–water partition coefficient (Wildman–Crippen LogP) is 3.83. The highest BCUT2D eigenvalue weighted by molar-refractivity contribution is 6.35. The Hall–Kier alpha value is -1.42. The van der Waals surface area contributed by atoms with Gasteiger partial charge in [0.2, 0.25) is 0 Å². The van der Waals surface area contributed by atoms with Crippen LogP contribution in [0.5, 0.6) is 11.5 Å². The number of benzene rings is 2. The minimum absolute atomic E-state index is 0.288. The summed E-state index contributed by atoms with van der Waals surface area (Å²) in [5, 5.41) is 1.12. The van der Waals surface area contributed by atoms with Crippen molar-refractivity contribution in [2.24, 2.45) is 5.73 Å². The lowest BCUT2D eigenvalue weighted by atomic mass is 10.0. The molecule has 1 aliphatic heterocycles. The molecule has 0 radical (unpaired) electrons. The van der Waals surface area contributed by atoms with Gasteiger partial charge in [0.25, 0.3) is 0 Å². The van der Waals surface area contributed by atoms with Crippen LogP contribution in [0.25, 0.3) is 0 Å². The van der Waals surface area contributed by atoms with E-state index in [1.54, 1.807) is 12.1 Å². The summed E-state index contributed by atoms with van der Waals surface area (Å²) in [5.41, 5.74) is 7.04. The summed E-state index contributed by atoms with van der Waals surface area (Å²) in [5.74, 6) is 1.43. The SMILES string of the molecule is NC(c1ccc(Cl)cc1Cl)C1COc2ccccc2O1.